The zero-order valence-corrected chi connectivity index (χ0v) is 13.4. The Hall–Kier alpha value is -0.350. The number of rotatable bonds is 7. The summed E-state index contributed by atoms with van der Waals surface area (Å²) in [5.41, 5.74) is 0. The summed E-state index contributed by atoms with van der Waals surface area (Å²) in [6.07, 6.45) is 7.67. The number of hydrogen-bond donors (Lipinski definition) is 1. The molecule has 112 valence electrons. The number of hydrogen-bond acceptors (Lipinski definition) is 2. The molecule has 0 saturated carbocycles. The monoisotopic (exact) mass is 286 g/mol. The molecule has 0 aromatic carbocycles. The predicted octanol–water partition coefficient (Wildman–Crippen LogP) is 3.19. The summed E-state index contributed by atoms with van der Waals surface area (Å²) in [4.78, 5) is 2.35. The second-order valence-corrected chi connectivity index (χ2v) is 5.74. The van der Waals surface area contributed by atoms with Crippen LogP contribution in [0.5, 0.6) is 0 Å². The van der Waals surface area contributed by atoms with Gasteiger partial charge in [-0.05, 0) is 50.7 Å². The average molecular weight is 286 g/mol. The van der Waals surface area contributed by atoms with E-state index in [1.807, 2.05) is 6.92 Å². The third kappa shape index (κ3) is 7.11. The molecule has 1 aliphatic rings. The lowest BCUT2D eigenvalue weighted by molar-refractivity contribution is 0.145. The maximum atomic E-state index is 5.49. The minimum atomic E-state index is 0.801. The first kappa shape index (κ1) is 16.7. The normalized spacial score (nSPS) is 20.1. The summed E-state index contributed by atoms with van der Waals surface area (Å²) in [7, 11) is 0. The molecule has 4 heteroatoms. The molecule has 1 N–H and O–H groups in total. The third-order valence-corrected chi connectivity index (χ3v) is 4.18. The van der Waals surface area contributed by atoms with Crippen molar-refractivity contribution in [3.05, 3.63) is 0 Å². The fraction of sp³-hybridized carbons (Fsp3) is 0.933. The van der Waals surface area contributed by atoms with Gasteiger partial charge in [0, 0.05) is 32.8 Å². The van der Waals surface area contributed by atoms with Gasteiger partial charge in [0.1, 0.15) is 0 Å². The highest BCUT2D eigenvalue weighted by Gasteiger charge is 2.17. The first-order valence-corrected chi connectivity index (χ1v) is 8.29. The van der Waals surface area contributed by atoms with Crippen LogP contribution in [0.3, 0.4) is 0 Å². The van der Waals surface area contributed by atoms with Crippen molar-refractivity contribution in [1.82, 2.24) is 10.2 Å². The summed E-state index contributed by atoms with van der Waals surface area (Å²) >= 11 is 5.49. The molecule has 1 atom stereocenters. The fourth-order valence-electron chi connectivity index (χ4n) is 2.69. The molecule has 1 aliphatic heterocycles. The van der Waals surface area contributed by atoms with Gasteiger partial charge in [0.2, 0.25) is 0 Å². The molecule has 0 radical (unpaired) electrons. The average Bonchev–Trinajstić information content (AvgIpc) is 2.64. The number of likely N-dealkylation sites (tertiary alicyclic amines) is 1. The Morgan fingerprint density at radius 2 is 2.16 bits per heavy atom. The molecule has 3 nitrogen and oxygen atoms in total. The van der Waals surface area contributed by atoms with Crippen molar-refractivity contribution in [2.75, 3.05) is 32.8 Å². The molecule has 1 unspecified atom stereocenters. The van der Waals surface area contributed by atoms with Gasteiger partial charge in [-0.2, -0.15) is 0 Å². The molecule has 0 aromatic rings. The van der Waals surface area contributed by atoms with E-state index in [1.165, 1.54) is 32.1 Å². The third-order valence-electron chi connectivity index (χ3n) is 3.78. The van der Waals surface area contributed by atoms with Gasteiger partial charge in [-0.15, -0.1) is 0 Å². The SMILES string of the molecule is CCCC1CCCN(C(=S)NCCCOCC)CC1. The number of nitrogens with zero attached hydrogens (tertiary/aromatic N) is 1. The minimum absolute atomic E-state index is 0.801. The molecule has 19 heavy (non-hydrogen) atoms. The largest absolute Gasteiger partial charge is 0.382 e. The molecular formula is C15H30N2OS. The van der Waals surface area contributed by atoms with Crippen molar-refractivity contribution in [3.63, 3.8) is 0 Å². The van der Waals surface area contributed by atoms with E-state index in [0.717, 1.165) is 50.3 Å². The zero-order valence-electron chi connectivity index (χ0n) is 12.6. The van der Waals surface area contributed by atoms with Gasteiger partial charge in [-0.25, -0.2) is 0 Å². The standard InChI is InChI=1S/C15H30N2OS/c1-3-7-14-8-5-11-17(12-9-14)15(19)16-10-6-13-18-4-2/h14H,3-13H2,1-2H3,(H,16,19). The van der Waals surface area contributed by atoms with Crippen LogP contribution in [0.1, 0.15) is 52.4 Å². The van der Waals surface area contributed by atoms with Crippen LogP contribution in [0.2, 0.25) is 0 Å². The number of nitrogens with one attached hydrogen (secondary N) is 1. The van der Waals surface area contributed by atoms with E-state index in [2.05, 4.69) is 17.1 Å². The van der Waals surface area contributed by atoms with E-state index >= 15 is 0 Å². The highest BCUT2D eigenvalue weighted by Crippen LogP contribution is 2.21. The molecule has 0 aliphatic carbocycles. The summed E-state index contributed by atoms with van der Waals surface area (Å²) in [6.45, 7) is 9.11. The first-order chi connectivity index (χ1) is 9.27. The summed E-state index contributed by atoms with van der Waals surface area (Å²) in [5, 5.41) is 4.30. The van der Waals surface area contributed by atoms with Crippen LogP contribution in [0.15, 0.2) is 0 Å². The van der Waals surface area contributed by atoms with Crippen LogP contribution in [-0.2, 0) is 4.74 Å². The second kappa shape index (κ2) is 10.4. The Balaban J connectivity index is 2.17. The molecule has 0 amide bonds. The topological polar surface area (TPSA) is 24.5 Å². The molecule has 0 bridgehead atoms. The molecule has 0 aromatic heterocycles. The fourth-order valence-corrected chi connectivity index (χ4v) is 2.98. The Bertz CT molecular complexity index is 248. The second-order valence-electron chi connectivity index (χ2n) is 5.36. The van der Waals surface area contributed by atoms with E-state index < -0.39 is 0 Å². The van der Waals surface area contributed by atoms with Crippen LogP contribution in [0, 0.1) is 5.92 Å². The van der Waals surface area contributed by atoms with Crippen LogP contribution >= 0.6 is 12.2 Å². The van der Waals surface area contributed by atoms with Gasteiger partial charge in [-0.3, -0.25) is 0 Å². The Labute approximate surface area is 124 Å². The van der Waals surface area contributed by atoms with Crippen molar-refractivity contribution in [2.45, 2.75) is 52.4 Å². The number of thiocarbonyl (C=S) groups is 1. The predicted molar refractivity (Wildman–Crippen MR) is 85.5 cm³/mol. The highest BCUT2D eigenvalue weighted by atomic mass is 32.1. The van der Waals surface area contributed by atoms with E-state index in [9.17, 15) is 0 Å². The molecule has 1 saturated heterocycles. The highest BCUT2D eigenvalue weighted by molar-refractivity contribution is 7.80. The van der Waals surface area contributed by atoms with E-state index in [4.69, 9.17) is 17.0 Å². The quantitative estimate of drug-likeness (QED) is 0.574. The van der Waals surface area contributed by atoms with E-state index in [1.54, 1.807) is 0 Å². The summed E-state index contributed by atoms with van der Waals surface area (Å²) in [5.74, 6) is 0.913. The Morgan fingerprint density at radius 3 is 2.89 bits per heavy atom. The molecule has 1 heterocycles. The number of ether oxygens (including phenoxy) is 1. The van der Waals surface area contributed by atoms with Gasteiger partial charge in [0.25, 0.3) is 0 Å². The molecule has 1 rings (SSSR count). The van der Waals surface area contributed by atoms with Gasteiger partial charge in [0.15, 0.2) is 5.11 Å². The summed E-state index contributed by atoms with van der Waals surface area (Å²) in [6, 6.07) is 0. The van der Waals surface area contributed by atoms with Crippen molar-refractivity contribution in [2.24, 2.45) is 5.92 Å². The lowest BCUT2D eigenvalue weighted by Crippen LogP contribution is -2.40. The van der Waals surface area contributed by atoms with Crippen LogP contribution in [-0.4, -0.2) is 42.9 Å². The summed E-state index contributed by atoms with van der Waals surface area (Å²) < 4.78 is 5.32. The Morgan fingerprint density at radius 1 is 1.32 bits per heavy atom. The zero-order chi connectivity index (χ0) is 13.9. The Kier molecular flexibility index (Phi) is 9.18. The lowest BCUT2D eigenvalue weighted by atomic mass is 9.96. The molecule has 0 spiro atoms. The maximum absolute atomic E-state index is 5.49. The van der Waals surface area contributed by atoms with Gasteiger partial charge in [0.05, 0.1) is 0 Å². The van der Waals surface area contributed by atoms with Crippen LogP contribution < -0.4 is 5.32 Å². The van der Waals surface area contributed by atoms with E-state index in [0.29, 0.717) is 0 Å². The van der Waals surface area contributed by atoms with Gasteiger partial charge in [-0.1, -0.05) is 19.8 Å². The maximum Gasteiger partial charge on any atom is 0.168 e. The van der Waals surface area contributed by atoms with Crippen molar-refractivity contribution in [3.8, 4) is 0 Å². The van der Waals surface area contributed by atoms with Crippen LogP contribution in [0.4, 0.5) is 0 Å². The van der Waals surface area contributed by atoms with Crippen LogP contribution in [0.25, 0.3) is 0 Å². The molecular weight excluding hydrogens is 256 g/mol. The first-order valence-electron chi connectivity index (χ1n) is 7.88. The lowest BCUT2D eigenvalue weighted by Gasteiger charge is -2.24. The van der Waals surface area contributed by atoms with Crippen molar-refractivity contribution < 1.29 is 4.74 Å². The van der Waals surface area contributed by atoms with E-state index in [-0.39, 0.29) is 0 Å². The smallest absolute Gasteiger partial charge is 0.168 e. The minimum Gasteiger partial charge on any atom is -0.382 e. The van der Waals surface area contributed by atoms with Crippen molar-refractivity contribution in [1.29, 1.82) is 0 Å². The van der Waals surface area contributed by atoms with Gasteiger partial charge < -0.3 is 15.0 Å². The molecule has 1 fully saturated rings. The van der Waals surface area contributed by atoms with Gasteiger partial charge >= 0.3 is 0 Å². The van der Waals surface area contributed by atoms with Crippen molar-refractivity contribution >= 4 is 17.3 Å².